The molecule has 0 atom stereocenters. The van der Waals surface area contributed by atoms with Crippen molar-refractivity contribution >= 4 is 34.9 Å². The van der Waals surface area contributed by atoms with Crippen LogP contribution in [0.5, 0.6) is 0 Å². The minimum Gasteiger partial charge on any atom is -0.314 e. The number of fused-ring (bicyclic) bond motifs is 1. The molecule has 156 valence electrons. The van der Waals surface area contributed by atoms with E-state index in [1.165, 1.54) is 29.6 Å². The van der Waals surface area contributed by atoms with Gasteiger partial charge < -0.3 is 4.57 Å². The SMILES string of the molecule is Cc1ccc(Cn2c(SCC(=O)N/N=C\c3ccccc3F)nc3ccccc32)cc1. The fourth-order valence-corrected chi connectivity index (χ4v) is 3.91. The number of rotatable bonds is 7. The average molecular weight is 433 g/mol. The van der Waals surface area contributed by atoms with E-state index in [2.05, 4.69) is 46.3 Å². The summed E-state index contributed by atoms with van der Waals surface area (Å²) in [7, 11) is 0. The number of carbonyl (C=O) groups is 1. The monoisotopic (exact) mass is 432 g/mol. The highest BCUT2D eigenvalue weighted by molar-refractivity contribution is 7.99. The Morgan fingerprint density at radius 1 is 1.10 bits per heavy atom. The Morgan fingerprint density at radius 2 is 1.84 bits per heavy atom. The van der Waals surface area contributed by atoms with Gasteiger partial charge in [0.25, 0.3) is 5.91 Å². The molecule has 3 aromatic carbocycles. The van der Waals surface area contributed by atoms with E-state index in [9.17, 15) is 9.18 Å². The van der Waals surface area contributed by atoms with Crippen LogP contribution in [0, 0.1) is 12.7 Å². The second-order valence-electron chi connectivity index (χ2n) is 7.06. The molecule has 4 rings (SSSR count). The van der Waals surface area contributed by atoms with E-state index in [0.29, 0.717) is 12.1 Å². The molecule has 4 aromatic rings. The van der Waals surface area contributed by atoms with Crippen molar-refractivity contribution in [1.82, 2.24) is 15.0 Å². The zero-order valence-corrected chi connectivity index (χ0v) is 17.8. The number of benzene rings is 3. The highest BCUT2D eigenvalue weighted by Crippen LogP contribution is 2.25. The van der Waals surface area contributed by atoms with Crippen LogP contribution < -0.4 is 5.43 Å². The lowest BCUT2D eigenvalue weighted by Gasteiger charge is -2.09. The number of nitrogens with zero attached hydrogens (tertiary/aromatic N) is 3. The lowest BCUT2D eigenvalue weighted by Crippen LogP contribution is -2.20. The molecule has 0 aliphatic rings. The lowest BCUT2D eigenvalue weighted by molar-refractivity contribution is -0.118. The summed E-state index contributed by atoms with van der Waals surface area (Å²) in [5, 5.41) is 4.61. The zero-order valence-electron chi connectivity index (χ0n) is 17.0. The molecule has 0 spiro atoms. The molecule has 0 aliphatic carbocycles. The molecule has 0 saturated heterocycles. The number of thioether (sulfide) groups is 1. The first-order valence-corrected chi connectivity index (χ1v) is 10.8. The predicted octanol–water partition coefficient (Wildman–Crippen LogP) is 4.77. The molecule has 1 amide bonds. The maximum atomic E-state index is 13.6. The Balaban J connectivity index is 1.46. The van der Waals surface area contributed by atoms with Gasteiger partial charge in [-0.05, 0) is 30.7 Å². The molecule has 0 saturated carbocycles. The quantitative estimate of drug-likeness (QED) is 0.260. The van der Waals surface area contributed by atoms with Crippen LogP contribution in [0.25, 0.3) is 11.0 Å². The van der Waals surface area contributed by atoms with Crippen LogP contribution >= 0.6 is 11.8 Å². The summed E-state index contributed by atoms with van der Waals surface area (Å²) >= 11 is 1.34. The van der Waals surface area contributed by atoms with E-state index < -0.39 is 0 Å². The molecular formula is C24H21FN4OS. The van der Waals surface area contributed by atoms with Crippen LogP contribution in [0.15, 0.2) is 83.1 Å². The van der Waals surface area contributed by atoms with E-state index in [0.717, 1.165) is 21.8 Å². The van der Waals surface area contributed by atoms with Gasteiger partial charge in [-0.1, -0.05) is 71.9 Å². The van der Waals surface area contributed by atoms with E-state index >= 15 is 0 Å². The van der Waals surface area contributed by atoms with Crippen LogP contribution in [-0.4, -0.2) is 27.4 Å². The number of halogens is 1. The number of hydrazone groups is 1. The van der Waals surface area contributed by atoms with Gasteiger partial charge in [0, 0.05) is 5.56 Å². The first-order valence-electron chi connectivity index (χ1n) is 9.80. The third kappa shape index (κ3) is 5.19. The molecule has 0 radical (unpaired) electrons. The average Bonchev–Trinajstić information content (AvgIpc) is 3.12. The summed E-state index contributed by atoms with van der Waals surface area (Å²) < 4.78 is 15.7. The van der Waals surface area contributed by atoms with Crippen LogP contribution in [-0.2, 0) is 11.3 Å². The summed E-state index contributed by atoms with van der Waals surface area (Å²) in [5.74, 6) is -0.530. The number of aryl methyl sites for hydroxylation is 1. The molecule has 0 bridgehead atoms. The standard InChI is InChI=1S/C24H21FN4OS/c1-17-10-12-18(13-11-17)15-29-22-9-5-4-8-21(22)27-24(29)31-16-23(30)28-26-14-19-6-2-3-7-20(19)25/h2-14H,15-16H2,1H3,(H,28,30)/b26-14-. The molecule has 31 heavy (non-hydrogen) atoms. The van der Waals surface area contributed by atoms with Gasteiger partial charge >= 0.3 is 0 Å². The minimum atomic E-state index is -0.389. The van der Waals surface area contributed by atoms with E-state index in [-0.39, 0.29) is 17.5 Å². The van der Waals surface area contributed by atoms with Crippen molar-refractivity contribution in [2.45, 2.75) is 18.6 Å². The van der Waals surface area contributed by atoms with Crippen LogP contribution in [0.4, 0.5) is 4.39 Å². The Labute approximate surface area is 184 Å². The van der Waals surface area contributed by atoms with Gasteiger partial charge in [0.2, 0.25) is 0 Å². The topological polar surface area (TPSA) is 59.3 Å². The Morgan fingerprint density at radius 3 is 2.65 bits per heavy atom. The maximum absolute atomic E-state index is 13.6. The largest absolute Gasteiger partial charge is 0.314 e. The Hall–Kier alpha value is -3.45. The maximum Gasteiger partial charge on any atom is 0.250 e. The summed E-state index contributed by atoms with van der Waals surface area (Å²) in [4.78, 5) is 16.9. The molecule has 1 heterocycles. The number of nitrogens with one attached hydrogen (secondary N) is 1. The van der Waals surface area contributed by atoms with Crippen molar-refractivity contribution in [1.29, 1.82) is 0 Å². The van der Waals surface area contributed by atoms with Crippen LogP contribution in [0.2, 0.25) is 0 Å². The highest BCUT2D eigenvalue weighted by Gasteiger charge is 2.13. The molecule has 1 aromatic heterocycles. The van der Waals surface area contributed by atoms with Gasteiger partial charge in [0.05, 0.1) is 29.5 Å². The lowest BCUT2D eigenvalue weighted by atomic mass is 10.1. The summed E-state index contributed by atoms with van der Waals surface area (Å²) in [6.07, 6.45) is 1.30. The minimum absolute atomic E-state index is 0.145. The van der Waals surface area contributed by atoms with E-state index in [1.807, 2.05) is 24.3 Å². The fourth-order valence-electron chi connectivity index (χ4n) is 3.11. The van der Waals surface area contributed by atoms with Crippen molar-refractivity contribution < 1.29 is 9.18 Å². The van der Waals surface area contributed by atoms with Crippen molar-refractivity contribution in [2.24, 2.45) is 5.10 Å². The number of hydrogen-bond donors (Lipinski definition) is 1. The number of aromatic nitrogens is 2. The molecule has 0 aliphatic heterocycles. The van der Waals surface area contributed by atoms with Gasteiger partial charge in [-0.3, -0.25) is 4.79 Å². The van der Waals surface area contributed by atoms with Crippen LogP contribution in [0.1, 0.15) is 16.7 Å². The first kappa shape index (κ1) is 20.8. The highest BCUT2D eigenvalue weighted by atomic mass is 32.2. The molecule has 7 heteroatoms. The molecule has 0 fully saturated rings. The van der Waals surface area contributed by atoms with Gasteiger partial charge in [-0.25, -0.2) is 14.8 Å². The molecule has 0 unspecified atom stereocenters. The van der Waals surface area contributed by atoms with Gasteiger partial charge in [-0.2, -0.15) is 5.10 Å². The zero-order chi connectivity index (χ0) is 21.6. The first-order chi connectivity index (χ1) is 15.1. The van der Waals surface area contributed by atoms with Gasteiger partial charge in [-0.15, -0.1) is 0 Å². The van der Waals surface area contributed by atoms with Crippen molar-refractivity contribution in [2.75, 3.05) is 5.75 Å². The second-order valence-corrected chi connectivity index (χ2v) is 8.00. The summed E-state index contributed by atoms with van der Waals surface area (Å²) in [5.41, 5.74) is 7.03. The number of carbonyl (C=O) groups excluding carboxylic acids is 1. The van der Waals surface area contributed by atoms with Gasteiger partial charge in [0.1, 0.15) is 5.82 Å². The summed E-state index contributed by atoms with van der Waals surface area (Å²) in [6, 6.07) is 22.5. The van der Waals surface area contributed by atoms with Crippen molar-refractivity contribution in [3.8, 4) is 0 Å². The van der Waals surface area contributed by atoms with Crippen molar-refractivity contribution in [3.05, 3.63) is 95.3 Å². The smallest absolute Gasteiger partial charge is 0.250 e. The predicted molar refractivity (Wildman–Crippen MR) is 123 cm³/mol. The Bertz CT molecular complexity index is 1230. The third-order valence-corrected chi connectivity index (χ3v) is 5.69. The van der Waals surface area contributed by atoms with Gasteiger partial charge in [0.15, 0.2) is 5.16 Å². The number of imidazole rings is 1. The van der Waals surface area contributed by atoms with Crippen molar-refractivity contribution in [3.63, 3.8) is 0 Å². The second kappa shape index (κ2) is 9.57. The fraction of sp³-hybridized carbons (Fsp3) is 0.125. The third-order valence-electron chi connectivity index (χ3n) is 4.71. The number of amides is 1. The Kier molecular flexibility index (Phi) is 6.43. The summed E-state index contributed by atoms with van der Waals surface area (Å²) in [6.45, 7) is 2.72. The molecule has 1 N–H and O–H groups in total. The van der Waals surface area contributed by atoms with Crippen LogP contribution in [0.3, 0.4) is 0 Å². The van der Waals surface area contributed by atoms with E-state index in [4.69, 9.17) is 4.98 Å². The normalized spacial score (nSPS) is 11.3. The molecule has 5 nitrogen and oxygen atoms in total. The number of para-hydroxylation sites is 2. The molecular weight excluding hydrogens is 411 g/mol. The van der Waals surface area contributed by atoms with E-state index in [1.54, 1.807) is 18.2 Å². The number of hydrogen-bond acceptors (Lipinski definition) is 4.